The Morgan fingerprint density at radius 1 is 1.14 bits per heavy atom. The molecule has 0 saturated heterocycles. The molecule has 0 saturated carbocycles. The summed E-state index contributed by atoms with van der Waals surface area (Å²) < 4.78 is 5.93. The van der Waals surface area contributed by atoms with Gasteiger partial charge in [-0.15, -0.1) is 0 Å². The molecule has 0 atom stereocenters. The molecule has 0 fully saturated rings. The Morgan fingerprint density at radius 3 is 2.45 bits per heavy atom. The lowest BCUT2D eigenvalue weighted by Crippen LogP contribution is -2.32. The highest BCUT2D eigenvalue weighted by Gasteiger charge is 2.09. The predicted octanol–water partition coefficient (Wildman–Crippen LogP) is 4.39. The van der Waals surface area contributed by atoms with Gasteiger partial charge in [-0.2, -0.15) is 0 Å². The van der Waals surface area contributed by atoms with Gasteiger partial charge in [-0.1, -0.05) is 18.2 Å². The average molecular weight is 297 g/mol. The minimum Gasteiger partial charge on any atom is -0.457 e. The first kappa shape index (κ1) is 15.9. The number of nitrogens with zero attached hydrogens (tertiary/aromatic N) is 1. The van der Waals surface area contributed by atoms with Crippen LogP contribution in [0.3, 0.4) is 0 Å². The number of nitrogens with one attached hydrogen (secondary N) is 2. The number of para-hydroxylation sites is 1. The number of guanidine groups is 1. The monoisotopic (exact) mass is 297 g/mol. The van der Waals surface area contributed by atoms with Crippen LogP contribution < -0.4 is 10.1 Å². The van der Waals surface area contributed by atoms with E-state index in [0.29, 0.717) is 5.96 Å². The zero-order chi connectivity index (χ0) is 16.1. The van der Waals surface area contributed by atoms with E-state index < -0.39 is 0 Å². The van der Waals surface area contributed by atoms with Crippen LogP contribution in [0.5, 0.6) is 11.5 Å². The number of rotatable bonds is 4. The number of hydrogen-bond acceptors (Lipinski definition) is 2. The summed E-state index contributed by atoms with van der Waals surface area (Å²) in [5, 5.41) is 11.2. The first-order chi connectivity index (χ1) is 10.5. The Bertz CT molecular complexity index is 653. The Hall–Kier alpha value is -2.49. The van der Waals surface area contributed by atoms with Crippen LogP contribution in [-0.2, 0) is 0 Å². The van der Waals surface area contributed by atoms with Gasteiger partial charge in [0.15, 0.2) is 5.96 Å². The Kier molecular flexibility index (Phi) is 5.04. The Balaban J connectivity index is 2.20. The molecule has 116 valence electrons. The Labute approximate surface area is 132 Å². The number of ether oxygens (including phenoxy) is 1. The van der Waals surface area contributed by atoms with Crippen LogP contribution >= 0.6 is 0 Å². The highest BCUT2D eigenvalue weighted by atomic mass is 16.5. The average Bonchev–Trinajstić information content (AvgIpc) is 2.52. The van der Waals surface area contributed by atoms with E-state index >= 15 is 0 Å². The van der Waals surface area contributed by atoms with Crippen molar-refractivity contribution >= 4 is 11.6 Å². The van der Waals surface area contributed by atoms with E-state index in [1.54, 1.807) is 0 Å². The second-order valence-corrected chi connectivity index (χ2v) is 5.34. The van der Waals surface area contributed by atoms with E-state index in [4.69, 9.17) is 10.1 Å². The predicted molar refractivity (Wildman–Crippen MR) is 92.1 cm³/mol. The molecule has 2 aromatic carbocycles. The van der Waals surface area contributed by atoms with E-state index in [1.807, 2.05) is 75.2 Å². The quantitative estimate of drug-likeness (QED) is 0.650. The third kappa shape index (κ3) is 3.79. The second kappa shape index (κ2) is 6.98. The largest absolute Gasteiger partial charge is 0.457 e. The van der Waals surface area contributed by atoms with Gasteiger partial charge >= 0.3 is 0 Å². The fraction of sp³-hybridized carbons (Fsp3) is 0.278. The lowest BCUT2D eigenvalue weighted by Gasteiger charge is -2.20. The van der Waals surface area contributed by atoms with Crippen LogP contribution in [0, 0.1) is 19.3 Å². The van der Waals surface area contributed by atoms with Gasteiger partial charge in [-0.25, -0.2) is 0 Å². The van der Waals surface area contributed by atoms with Crippen molar-refractivity contribution < 1.29 is 4.74 Å². The fourth-order valence-electron chi connectivity index (χ4n) is 2.03. The normalized spacial score (nSPS) is 10.2. The minimum absolute atomic E-state index is 0.390. The van der Waals surface area contributed by atoms with Crippen molar-refractivity contribution in [1.82, 2.24) is 4.90 Å². The molecule has 4 nitrogen and oxygen atoms in total. The van der Waals surface area contributed by atoms with Gasteiger partial charge in [0, 0.05) is 19.3 Å². The van der Waals surface area contributed by atoms with Gasteiger partial charge < -0.3 is 15.0 Å². The first-order valence-corrected chi connectivity index (χ1v) is 7.42. The molecule has 22 heavy (non-hydrogen) atoms. The molecule has 0 radical (unpaired) electrons. The molecular formula is C18H23N3O. The molecule has 0 aliphatic rings. The molecule has 0 unspecified atom stereocenters. The van der Waals surface area contributed by atoms with Crippen LogP contribution in [0.2, 0.25) is 0 Å². The van der Waals surface area contributed by atoms with Crippen molar-refractivity contribution in [1.29, 1.82) is 5.41 Å². The molecule has 0 amide bonds. The summed E-state index contributed by atoms with van der Waals surface area (Å²) >= 11 is 0. The van der Waals surface area contributed by atoms with E-state index in [1.165, 1.54) is 0 Å². The van der Waals surface area contributed by atoms with Crippen molar-refractivity contribution in [3.63, 3.8) is 0 Å². The number of aryl methyl sites for hydroxylation is 2. The summed E-state index contributed by atoms with van der Waals surface area (Å²) in [7, 11) is 1.89. The van der Waals surface area contributed by atoms with E-state index in [9.17, 15) is 0 Å². The lowest BCUT2D eigenvalue weighted by molar-refractivity contribution is 0.478. The third-order valence-corrected chi connectivity index (χ3v) is 3.60. The van der Waals surface area contributed by atoms with E-state index in [-0.39, 0.29) is 0 Å². The van der Waals surface area contributed by atoms with Gasteiger partial charge in [0.2, 0.25) is 0 Å². The summed E-state index contributed by atoms with van der Waals surface area (Å²) in [6, 6.07) is 13.8. The molecule has 0 aliphatic heterocycles. The first-order valence-electron chi connectivity index (χ1n) is 7.42. The standard InChI is InChI=1S/C18H23N3O/c1-5-21(4)18(19)20-16-11-14(3)17(12-13(16)2)22-15-9-7-6-8-10-15/h6-12H,5H2,1-4H3,(H2,19,20). The molecule has 2 aromatic rings. The summed E-state index contributed by atoms with van der Waals surface area (Å²) in [5.74, 6) is 2.05. The highest BCUT2D eigenvalue weighted by Crippen LogP contribution is 2.30. The van der Waals surface area contributed by atoms with E-state index in [2.05, 4.69) is 5.32 Å². The highest BCUT2D eigenvalue weighted by molar-refractivity contribution is 5.92. The third-order valence-electron chi connectivity index (χ3n) is 3.60. The lowest BCUT2D eigenvalue weighted by atomic mass is 10.1. The smallest absolute Gasteiger partial charge is 0.195 e. The molecule has 2 rings (SSSR count). The fourth-order valence-corrected chi connectivity index (χ4v) is 2.03. The molecular weight excluding hydrogens is 274 g/mol. The molecule has 0 spiro atoms. The zero-order valence-electron chi connectivity index (χ0n) is 13.6. The molecule has 0 aliphatic carbocycles. The molecule has 0 aromatic heterocycles. The van der Waals surface area contributed by atoms with Crippen molar-refractivity contribution in [3.05, 3.63) is 53.6 Å². The van der Waals surface area contributed by atoms with Gasteiger partial charge in [-0.05, 0) is 56.2 Å². The minimum atomic E-state index is 0.390. The van der Waals surface area contributed by atoms with Crippen molar-refractivity contribution in [2.45, 2.75) is 20.8 Å². The topological polar surface area (TPSA) is 48.4 Å². The van der Waals surface area contributed by atoms with Gasteiger partial charge in [-0.3, -0.25) is 5.41 Å². The number of benzene rings is 2. The summed E-state index contributed by atoms with van der Waals surface area (Å²) in [6.07, 6.45) is 0. The van der Waals surface area contributed by atoms with Gasteiger partial charge in [0.25, 0.3) is 0 Å². The van der Waals surface area contributed by atoms with Crippen LogP contribution in [0.15, 0.2) is 42.5 Å². The van der Waals surface area contributed by atoms with Crippen molar-refractivity contribution in [2.24, 2.45) is 0 Å². The maximum Gasteiger partial charge on any atom is 0.195 e. The summed E-state index contributed by atoms with van der Waals surface area (Å²) in [6.45, 7) is 6.83. The van der Waals surface area contributed by atoms with E-state index in [0.717, 1.165) is 34.9 Å². The second-order valence-electron chi connectivity index (χ2n) is 5.34. The van der Waals surface area contributed by atoms with Crippen LogP contribution in [-0.4, -0.2) is 24.5 Å². The number of hydrogen-bond donors (Lipinski definition) is 2. The van der Waals surface area contributed by atoms with Crippen molar-refractivity contribution in [2.75, 3.05) is 18.9 Å². The molecule has 4 heteroatoms. The zero-order valence-corrected chi connectivity index (χ0v) is 13.6. The van der Waals surface area contributed by atoms with Crippen LogP contribution in [0.4, 0.5) is 5.69 Å². The number of anilines is 1. The SMILES string of the molecule is CCN(C)C(=N)Nc1cc(C)c(Oc2ccccc2)cc1C. The summed E-state index contributed by atoms with van der Waals surface area (Å²) in [5.41, 5.74) is 3.01. The van der Waals surface area contributed by atoms with Crippen LogP contribution in [0.25, 0.3) is 0 Å². The molecule has 0 heterocycles. The maximum atomic E-state index is 8.02. The summed E-state index contributed by atoms with van der Waals surface area (Å²) in [4.78, 5) is 1.85. The van der Waals surface area contributed by atoms with Gasteiger partial charge in [0.05, 0.1) is 0 Å². The van der Waals surface area contributed by atoms with Gasteiger partial charge in [0.1, 0.15) is 11.5 Å². The maximum absolute atomic E-state index is 8.02. The van der Waals surface area contributed by atoms with Crippen LogP contribution in [0.1, 0.15) is 18.1 Å². The Morgan fingerprint density at radius 2 is 1.82 bits per heavy atom. The molecule has 2 N–H and O–H groups in total. The molecule has 0 bridgehead atoms. The van der Waals surface area contributed by atoms with Crippen molar-refractivity contribution in [3.8, 4) is 11.5 Å².